The first-order chi connectivity index (χ1) is 16.1. The van der Waals surface area contributed by atoms with Gasteiger partial charge in [0.2, 0.25) is 0 Å². The molecular formula is C24H25F3N4O3. The predicted molar refractivity (Wildman–Crippen MR) is 122 cm³/mol. The quantitative estimate of drug-likeness (QED) is 0.516. The molecule has 1 aliphatic heterocycles. The summed E-state index contributed by atoms with van der Waals surface area (Å²) in [5, 5.41) is 9.79. The smallest absolute Gasteiger partial charge is 0.410 e. The maximum absolute atomic E-state index is 14.0. The monoisotopic (exact) mass is 474 g/mol. The summed E-state index contributed by atoms with van der Waals surface area (Å²) in [5.41, 5.74) is 3.05. The highest BCUT2D eigenvalue weighted by Gasteiger charge is 2.47. The number of fused-ring (bicyclic) bond motifs is 1. The molecule has 3 aromatic rings. The minimum absolute atomic E-state index is 0.00984. The molecule has 1 aromatic heterocycles. The van der Waals surface area contributed by atoms with Gasteiger partial charge in [0, 0.05) is 12.1 Å². The molecule has 2 N–H and O–H groups in total. The second kappa shape index (κ2) is 8.92. The van der Waals surface area contributed by atoms with Crippen LogP contribution in [0.3, 0.4) is 0 Å². The molecular weight excluding hydrogens is 449 g/mol. The van der Waals surface area contributed by atoms with Crippen LogP contribution in [-0.2, 0) is 0 Å². The molecule has 0 unspecified atom stereocenters. The van der Waals surface area contributed by atoms with E-state index in [9.17, 15) is 18.0 Å². The number of halogens is 3. The number of anilines is 2. The van der Waals surface area contributed by atoms with Crippen molar-refractivity contribution in [2.24, 2.45) is 0 Å². The molecule has 1 amide bonds. The third kappa shape index (κ3) is 4.40. The number of nitrogens with one attached hydrogen (secondary N) is 2. The van der Waals surface area contributed by atoms with E-state index >= 15 is 0 Å². The second-order valence-corrected chi connectivity index (χ2v) is 8.23. The molecule has 180 valence electrons. The lowest BCUT2D eigenvalue weighted by atomic mass is 9.96. The third-order valence-electron chi connectivity index (χ3n) is 5.92. The average molecular weight is 474 g/mol. The van der Waals surface area contributed by atoms with Crippen LogP contribution in [0, 0.1) is 13.8 Å². The van der Waals surface area contributed by atoms with E-state index in [4.69, 9.17) is 9.47 Å². The van der Waals surface area contributed by atoms with Gasteiger partial charge in [-0.15, -0.1) is 0 Å². The van der Waals surface area contributed by atoms with E-state index in [1.54, 1.807) is 24.3 Å². The van der Waals surface area contributed by atoms with Crippen molar-refractivity contribution in [3.8, 4) is 11.5 Å². The van der Waals surface area contributed by atoms with Crippen LogP contribution in [0.15, 0.2) is 42.6 Å². The maximum Gasteiger partial charge on any atom is 0.410 e. The van der Waals surface area contributed by atoms with E-state index in [-0.39, 0.29) is 17.8 Å². The van der Waals surface area contributed by atoms with Gasteiger partial charge >= 0.3 is 6.18 Å². The first-order valence-corrected chi connectivity index (χ1v) is 10.6. The number of hydrogen-bond acceptors (Lipinski definition) is 5. The van der Waals surface area contributed by atoms with E-state index < -0.39 is 24.2 Å². The Bertz CT molecular complexity index is 1220. The van der Waals surface area contributed by atoms with Crippen molar-refractivity contribution in [3.63, 3.8) is 0 Å². The Hall–Kier alpha value is -3.69. The number of hydrogen-bond donors (Lipinski definition) is 2. The molecule has 34 heavy (non-hydrogen) atoms. The number of nitrogens with zero attached hydrogens (tertiary/aromatic N) is 2. The number of alkyl halides is 3. The molecule has 0 spiro atoms. The number of carbonyl (C=O) groups is 1. The Kier molecular flexibility index (Phi) is 6.16. The molecule has 2 atom stereocenters. The summed E-state index contributed by atoms with van der Waals surface area (Å²) in [6.45, 7) is 3.78. The van der Waals surface area contributed by atoms with Crippen LogP contribution in [0.1, 0.15) is 45.6 Å². The van der Waals surface area contributed by atoms with E-state index in [0.717, 1.165) is 22.0 Å². The SMILES string of the molecule is COc1ccc([C@H]2C[C@@H](C(F)(F)F)n3ncc(C(=O)Nc4ccc(C)cc4C)c3N2)cc1OC. The normalized spacial score (nSPS) is 17.5. The van der Waals surface area contributed by atoms with Gasteiger partial charge in [0.1, 0.15) is 11.4 Å². The number of benzene rings is 2. The molecule has 4 rings (SSSR count). The summed E-state index contributed by atoms with van der Waals surface area (Å²) in [6.07, 6.45) is -3.69. The molecule has 2 heterocycles. The van der Waals surface area contributed by atoms with Crippen molar-refractivity contribution in [1.29, 1.82) is 0 Å². The Balaban J connectivity index is 1.70. The molecule has 0 saturated heterocycles. The zero-order valence-corrected chi connectivity index (χ0v) is 19.2. The van der Waals surface area contributed by atoms with Crippen molar-refractivity contribution in [1.82, 2.24) is 9.78 Å². The van der Waals surface area contributed by atoms with Gasteiger partial charge < -0.3 is 20.1 Å². The summed E-state index contributed by atoms with van der Waals surface area (Å²) in [4.78, 5) is 13.0. The fourth-order valence-corrected chi connectivity index (χ4v) is 4.16. The zero-order valence-electron chi connectivity index (χ0n) is 19.2. The van der Waals surface area contributed by atoms with E-state index in [2.05, 4.69) is 15.7 Å². The third-order valence-corrected chi connectivity index (χ3v) is 5.92. The summed E-state index contributed by atoms with van der Waals surface area (Å²) < 4.78 is 53.3. The lowest BCUT2D eigenvalue weighted by Crippen LogP contribution is -2.36. The van der Waals surface area contributed by atoms with Crippen molar-refractivity contribution in [2.75, 3.05) is 24.9 Å². The number of rotatable bonds is 5. The maximum atomic E-state index is 14.0. The van der Waals surface area contributed by atoms with Crippen molar-refractivity contribution >= 4 is 17.4 Å². The van der Waals surface area contributed by atoms with Gasteiger partial charge in [-0.1, -0.05) is 23.8 Å². The van der Waals surface area contributed by atoms with Crippen LogP contribution in [0.4, 0.5) is 24.7 Å². The number of ether oxygens (including phenoxy) is 2. The summed E-state index contributed by atoms with van der Waals surface area (Å²) in [5.74, 6) is 0.329. The zero-order chi connectivity index (χ0) is 24.6. The van der Waals surface area contributed by atoms with Gasteiger partial charge in [-0.3, -0.25) is 4.79 Å². The van der Waals surface area contributed by atoms with Crippen molar-refractivity contribution in [3.05, 3.63) is 64.8 Å². The van der Waals surface area contributed by atoms with E-state index in [1.807, 2.05) is 26.0 Å². The van der Waals surface area contributed by atoms with Crippen LogP contribution >= 0.6 is 0 Å². The van der Waals surface area contributed by atoms with Crippen LogP contribution in [0.25, 0.3) is 0 Å². The highest BCUT2D eigenvalue weighted by molar-refractivity contribution is 6.07. The Morgan fingerprint density at radius 3 is 2.50 bits per heavy atom. The molecule has 0 fully saturated rings. The van der Waals surface area contributed by atoms with Crippen LogP contribution in [0.2, 0.25) is 0 Å². The summed E-state index contributed by atoms with van der Waals surface area (Å²) in [7, 11) is 2.94. The Labute approximate surface area is 194 Å². The molecule has 0 radical (unpaired) electrons. The van der Waals surface area contributed by atoms with Gasteiger partial charge in [0.25, 0.3) is 5.91 Å². The Morgan fingerprint density at radius 2 is 1.85 bits per heavy atom. The number of aryl methyl sites for hydroxylation is 2. The second-order valence-electron chi connectivity index (χ2n) is 8.23. The van der Waals surface area contributed by atoms with Crippen LogP contribution < -0.4 is 20.1 Å². The lowest BCUT2D eigenvalue weighted by molar-refractivity contribution is -0.173. The molecule has 1 aliphatic rings. The first-order valence-electron chi connectivity index (χ1n) is 10.6. The average Bonchev–Trinajstić information content (AvgIpc) is 3.23. The molecule has 7 nitrogen and oxygen atoms in total. The van der Waals surface area contributed by atoms with Crippen LogP contribution in [0.5, 0.6) is 11.5 Å². The Morgan fingerprint density at radius 1 is 1.12 bits per heavy atom. The fourth-order valence-electron chi connectivity index (χ4n) is 4.16. The summed E-state index contributed by atoms with van der Waals surface area (Å²) in [6, 6.07) is 7.83. The topological polar surface area (TPSA) is 77.4 Å². The predicted octanol–water partition coefficient (Wildman–Crippen LogP) is 5.43. The summed E-state index contributed by atoms with van der Waals surface area (Å²) >= 11 is 0. The standard InChI is InChI=1S/C24H25F3N4O3/c1-13-5-7-17(14(2)9-13)30-23(32)16-12-28-31-21(24(25,26)27)11-18(29-22(16)31)15-6-8-19(33-3)20(10-15)34-4/h5-10,12,18,21,29H,11H2,1-4H3,(H,30,32)/t18-,21+/m1/s1. The molecule has 0 saturated carbocycles. The molecule has 2 aromatic carbocycles. The lowest BCUT2D eigenvalue weighted by Gasteiger charge is -2.34. The van der Waals surface area contributed by atoms with Gasteiger partial charge in [-0.2, -0.15) is 18.3 Å². The largest absolute Gasteiger partial charge is 0.493 e. The number of amides is 1. The van der Waals surface area contributed by atoms with Gasteiger partial charge in [-0.05, 0) is 43.2 Å². The van der Waals surface area contributed by atoms with Crippen molar-refractivity contribution < 1.29 is 27.4 Å². The molecule has 0 aliphatic carbocycles. The molecule has 0 bridgehead atoms. The van der Waals surface area contributed by atoms with Gasteiger partial charge in [0.15, 0.2) is 17.5 Å². The fraction of sp³-hybridized carbons (Fsp3) is 0.333. The van der Waals surface area contributed by atoms with Crippen molar-refractivity contribution in [2.45, 2.75) is 38.5 Å². The number of aromatic nitrogens is 2. The van der Waals surface area contributed by atoms with Crippen LogP contribution in [-0.4, -0.2) is 36.1 Å². The van der Waals surface area contributed by atoms with Gasteiger partial charge in [-0.25, -0.2) is 4.68 Å². The minimum atomic E-state index is -4.56. The number of carbonyl (C=O) groups excluding carboxylic acids is 1. The van der Waals surface area contributed by atoms with E-state index in [1.165, 1.54) is 14.2 Å². The van der Waals surface area contributed by atoms with E-state index in [0.29, 0.717) is 22.7 Å². The molecule has 10 heteroatoms. The number of methoxy groups -OCH3 is 2. The highest BCUT2D eigenvalue weighted by Crippen LogP contribution is 2.45. The highest BCUT2D eigenvalue weighted by atomic mass is 19.4. The first kappa shape index (κ1) is 23.5. The van der Waals surface area contributed by atoms with Gasteiger partial charge in [0.05, 0.1) is 26.5 Å². The minimum Gasteiger partial charge on any atom is -0.493 e.